The number of nitrogens with zero attached hydrogens (tertiary/aromatic N) is 1. The van der Waals surface area contributed by atoms with Crippen LogP contribution < -0.4 is 10.2 Å². The van der Waals surface area contributed by atoms with Gasteiger partial charge in [-0.1, -0.05) is 50.3 Å². The van der Waals surface area contributed by atoms with Crippen molar-refractivity contribution >= 4 is 17.5 Å². The van der Waals surface area contributed by atoms with E-state index in [0.29, 0.717) is 25.3 Å². The van der Waals surface area contributed by atoms with Gasteiger partial charge in [0.2, 0.25) is 11.8 Å². The molecule has 130 valence electrons. The number of rotatable bonds is 5. The fraction of sp³-hybridized carbons (Fsp3) is 0.600. The van der Waals surface area contributed by atoms with Crippen molar-refractivity contribution in [2.75, 3.05) is 11.4 Å². The summed E-state index contributed by atoms with van der Waals surface area (Å²) in [5, 5.41) is 2.88. The van der Waals surface area contributed by atoms with Crippen LogP contribution in [-0.4, -0.2) is 24.4 Å². The Morgan fingerprint density at radius 3 is 2.67 bits per heavy atom. The Morgan fingerprint density at radius 2 is 1.92 bits per heavy atom. The number of carbonyl (C=O) groups is 2. The summed E-state index contributed by atoms with van der Waals surface area (Å²) in [5.74, 6) is 0.741. The van der Waals surface area contributed by atoms with E-state index in [-0.39, 0.29) is 17.9 Å². The van der Waals surface area contributed by atoms with Crippen LogP contribution in [0.15, 0.2) is 24.3 Å². The van der Waals surface area contributed by atoms with E-state index in [4.69, 9.17) is 0 Å². The summed E-state index contributed by atoms with van der Waals surface area (Å²) in [6.07, 6.45) is 8.57. The van der Waals surface area contributed by atoms with Crippen LogP contribution in [-0.2, 0) is 16.0 Å². The van der Waals surface area contributed by atoms with Crippen LogP contribution in [0.5, 0.6) is 0 Å². The minimum Gasteiger partial charge on any atom is -0.355 e. The molecule has 1 fully saturated rings. The smallest absolute Gasteiger partial charge is 0.243 e. The normalized spacial score (nSPS) is 20.7. The Balaban J connectivity index is 1.71. The molecular formula is C20H28N2O2. The van der Waals surface area contributed by atoms with Crippen molar-refractivity contribution in [3.63, 3.8) is 0 Å². The Morgan fingerprint density at radius 1 is 1.17 bits per heavy atom. The molecule has 0 spiro atoms. The molecular weight excluding hydrogens is 300 g/mol. The summed E-state index contributed by atoms with van der Waals surface area (Å²) >= 11 is 0. The maximum atomic E-state index is 12.9. The van der Waals surface area contributed by atoms with Crippen LogP contribution in [0.1, 0.15) is 57.4 Å². The van der Waals surface area contributed by atoms with Crippen LogP contribution in [0.2, 0.25) is 0 Å². The van der Waals surface area contributed by atoms with Crippen LogP contribution >= 0.6 is 0 Å². The van der Waals surface area contributed by atoms with Gasteiger partial charge in [0, 0.05) is 25.1 Å². The van der Waals surface area contributed by atoms with Crippen molar-refractivity contribution in [3.8, 4) is 0 Å². The van der Waals surface area contributed by atoms with Gasteiger partial charge < -0.3 is 5.32 Å². The topological polar surface area (TPSA) is 49.4 Å². The summed E-state index contributed by atoms with van der Waals surface area (Å²) in [4.78, 5) is 27.1. The van der Waals surface area contributed by atoms with Gasteiger partial charge in [-0.05, 0) is 30.9 Å². The van der Waals surface area contributed by atoms with Crippen molar-refractivity contribution < 1.29 is 9.59 Å². The zero-order valence-corrected chi connectivity index (χ0v) is 14.6. The van der Waals surface area contributed by atoms with Gasteiger partial charge in [0.1, 0.15) is 6.04 Å². The highest BCUT2D eigenvalue weighted by Crippen LogP contribution is 2.34. The summed E-state index contributed by atoms with van der Waals surface area (Å²) in [7, 11) is 0. The number of para-hydroxylation sites is 1. The predicted octanol–water partition coefficient (Wildman–Crippen LogP) is 3.44. The molecule has 1 saturated carbocycles. The minimum atomic E-state index is -0.388. The fourth-order valence-electron chi connectivity index (χ4n) is 4.12. The van der Waals surface area contributed by atoms with E-state index in [9.17, 15) is 9.59 Å². The molecule has 4 nitrogen and oxygen atoms in total. The third-order valence-corrected chi connectivity index (χ3v) is 5.39. The first kappa shape index (κ1) is 17.0. The molecule has 1 N–H and O–H groups in total. The van der Waals surface area contributed by atoms with E-state index in [1.807, 2.05) is 31.2 Å². The first-order valence-electron chi connectivity index (χ1n) is 9.38. The average molecular weight is 328 g/mol. The molecule has 1 atom stereocenters. The van der Waals surface area contributed by atoms with Crippen LogP contribution in [0, 0.1) is 5.92 Å². The maximum absolute atomic E-state index is 12.9. The second kappa shape index (κ2) is 7.82. The lowest BCUT2D eigenvalue weighted by Gasteiger charge is -2.26. The first-order chi connectivity index (χ1) is 11.7. The maximum Gasteiger partial charge on any atom is 0.243 e. The largest absolute Gasteiger partial charge is 0.355 e. The summed E-state index contributed by atoms with van der Waals surface area (Å²) in [6.45, 7) is 2.50. The Bertz CT molecular complexity index is 593. The second-order valence-electron chi connectivity index (χ2n) is 7.05. The van der Waals surface area contributed by atoms with Gasteiger partial charge in [-0.25, -0.2) is 0 Å². The summed E-state index contributed by atoms with van der Waals surface area (Å²) in [6, 6.07) is 7.52. The van der Waals surface area contributed by atoms with Gasteiger partial charge in [0.25, 0.3) is 0 Å². The monoisotopic (exact) mass is 328 g/mol. The highest BCUT2D eigenvalue weighted by molar-refractivity contribution is 6.03. The molecule has 2 aliphatic rings. The first-order valence-corrected chi connectivity index (χ1v) is 9.38. The number of nitrogens with one attached hydrogen (secondary N) is 1. The SMILES string of the molecule is CCNC(=O)C1Cc2ccccc2N1C(=O)CCC1CCCCC1. The zero-order chi connectivity index (χ0) is 16.9. The molecule has 1 aliphatic heterocycles. The number of likely N-dealkylation sites (N-methyl/N-ethyl adjacent to an activating group) is 1. The number of benzene rings is 1. The molecule has 0 radical (unpaired) electrons. The lowest BCUT2D eigenvalue weighted by molar-refractivity contribution is -0.126. The molecule has 24 heavy (non-hydrogen) atoms. The predicted molar refractivity (Wildman–Crippen MR) is 95.9 cm³/mol. The van der Waals surface area contributed by atoms with Crippen molar-refractivity contribution in [1.82, 2.24) is 5.32 Å². The van der Waals surface area contributed by atoms with Gasteiger partial charge in [0.05, 0.1) is 0 Å². The van der Waals surface area contributed by atoms with Crippen molar-refractivity contribution in [1.29, 1.82) is 0 Å². The van der Waals surface area contributed by atoms with Crippen LogP contribution in [0.4, 0.5) is 5.69 Å². The lowest BCUT2D eigenvalue weighted by atomic mass is 9.86. The van der Waals surface area contributed by atoms with Crippen LogP contribution in [0.3, 0.4) is 0 Å². The number of hydrogen-bond donors (Lipinski definition) is 1. The molecule has 0 saturated heterocycles. The van der Waals surface area contributed by atoms with Crippen molar-refractivity contribution in [2.45, 2.75) is 64.3 Å². The van der Waals surface area contributed by atoms with Gasteiger partial charge >= 0.3 is 0 Å². The molecule has 0 aromatic heterocycles. The summed E-state index contributed by atoms with van der Waals surface area (Å²) in [5.41, 5.74) is 2.02. The van der Waals surface area contributed by atoms with Crippen molar-refractivity contribution in [2.24, 2.45) is 5.92 Å². The molecule has 3 rings (SSSR count). The van der Waals surface area contributed by atoms with Gasteiger partial charge in [-0.3, -0.25) is 14.5 Å². The summed E-state index contributed by atoms with van der Waals surface area (Å²) < 4.78 is 0. The van der Waals surface area contributed by atoms with E-state index in [0.717, 1.165) is 17.7 Å². The lowest BCUT2D eigenvalue weighted by Crippen LogP contribution is -2.48. The number of hydrogen-bond acceptors (Lipinski definition) is 2. The highest BCUT2D eigenvalue weighted by atomic mass is 16.2. The van der Waals surface area contributed by atoms with Gasteiger partial charge in [-0.15, -0.1) is 0 Å². The quantitative estimate of drug-likeness (QED) is 0.900. The molecule has 2 amide bonds. The highest BCUT2D eigenvalue weighted by Gasteiger charge is 2.37. The average Bonchev–Trinajstić information content (AvgIpc) is 3.00. The van der Waals surface area contributed by atoms with E-state index >= 15 is 0 Å². The van der Waals surface area contributed by atoms with E-state index < -0.39 is 0 Å². The zero-order valence-electron chi connectivity index (χ0n) is 14.6. The Labute approximate surface area is 144 Å². The van der Waals surface area contributed by atoms with Crippen LogP contribution in [0.25, 0.3) is 0 Å². The third kappa shape index (κ3) is 3.63. The molecule has 1 heterocycles. The second-order valence-corrected chi connectivity index (χ2v) is 7.05. The molecule has 1 aromatic carbocycles. The van der Waals surface area contributed by atoms with E-state index in [1.165, 1.54) is 32.1 Å². The molecule has 1 unspecified atom stereocenters. The minimum absolute atomic E-state index is 0.0419. The Kier molecular flexibility index (Phi) is 5.54. The third-order valence-electron chi connectivity index (χ3n) is 5.39. The number of amides is 2. The van der Waals surface area contributed by atoms with Gasteiger partial charge in [0.15, 0.2) is 0 Å². The molecule has 1 aliphatic carbocycles. The molecule has 0 bridgehead atoms. The number of fused-ring (bicyclic) bond motifs is 1. The fourth-order valence-corrected chi connectivity index (χ4v) is 4.12. The van der Waals surface area contributed by atoms with Gasteiger partial charge in [-0.2, -0.15) is 0 Å². The van der Waals surface area contributed by atoms with E-state index in [1.54, 1.807) is 4.90 Å². The molecule has 4 heteroatoms. The number of anilines is 1. The van der Waals surface area contributed by atoms with E-state index in [2.05, 4.69) is 5.32 Å². The molecule has 1 aromatic rings. The standard InChI is InChI=1S/C20H28N2O2/c1-2-21-20(24)18-14-16-10-6-7-11-17(16)22(18)19(23)13-12-15-8-4-3-5-9-15/h6-7,10-11,15,18H,2-5,8-9,12-14H2,1H3,(H,21,24). The number of carbonyl (C=O) groups excluding carboxylic acids is 2. The van der Waals surface area contributed by atoms with Crippen molar-refractivity contribution in [3.05, 3.63) is 29.8 Å². The Hall–Kier alpha value is -1.84.